The molecule has 13 heteroatoms. The van der Waals surface area contributed by atoms with Crippen molar-refractivity contribution in [1.29, 1.82) is 0 Å². The van der Waals surface area contributed by atoms with Crippen LogP contribution in [-0.4, -0.2) is 66.0 Å². The summed E-state index contributed by atoms with van der Waals surface area (Å²) in [7, 11) is 1.42. The highest BCUT2D eigenvalue weighted by Crippen LogP contribution is 2.33. The number of benzene rings is 3. The van der Waals surface area contributed by atoms with Gasteiger partial charge in [-0.3, -0.25) is 9.69 Å². The highest BCUT2D eigenvalue weighted by molar-refractivity contribution is 6.00. The number of likely N-dealkylation sites (tertiary alicyclic amines) is 1. The summed E-state index contributed by atoms with van der Waals surface area (Å²) in [5.74, 6) is -1.60. The number of aliphatic hydroxyl groups excluding tert-OH is 1. The van der Waals surface area contributed by atoms with Crippen LogP contribution in [0, 0.1) is 5.82 Å². The number of rotatable bonds is 9. The zero-order chi connectivity index (χ0) is 31.9. The molecule has 1 unspecified atom stereocenters. The van der Waals surface area contributed by atoms with Crippen molar-refractivity contribution in [2.45, 2.75) is 45.6 Å². The van der Waals surface area contributed by atoms with E-state index in [0.717, 1.165) is 35.9 Å². The molecule has 45 heavy (non-hydrogen) atoms. The topological polar surface area (TPSA) is 128 Å². The van der Waals surface area contributed by atoms with E-state index < -0.39 is 30.1 Å². The zero-order valence-corrected chi connectivity index (χ0v) is 25.1. The molecule has 236 valence electrons. The molecule has 3 aromatic carbocycles. The van der Waals surface area contributed by atoms with Gasteiger partial charge >= 0.3 is 12.0 Å². The number of nitrogens with zero attached hydrogens (tertiary/aromatic N) is 6. The summed E-state index contributed by atoms with van der Waals surface area (Å²) < 4.78 is 26.1. The molecule has 0 aromatic heterocycles. The van der Waals surface area contributed by atoms with Crippen molar-refractivity contribution in [3.63, 3.8) is 0 Å². The van der Waals surface area contributed by atoms with Crippen LogP contribution in [0.5, 0.6) is 5.75 Å². The number of piperidine rings is 1. The number of carbonyl (C=O) groups excluding carboxylic acids is 3. The first-order chi connectivity index (χ1) is 21.8. The molecule has 1 saturated heterocycles. The number of carbonyl (C=O) groups is 3. The quantitative estimate of drug-likeness (QED) is 0.312. The van der Waals surface area contributed by atoms with E-state index >= 15 is 4.39 Å². The highest BCUT2D eigenvalue weighted by Gasteiger charge is 2.40. The van der Waals surface area contributed by atoms with Crippen LogP contribution in [0.25, 0.3) is 0 Å². The fraction of sp³-hybridized carbons (Fsp3) is 0.344. The van der Waals surface area contributed by atoms with Gasteiger partial charge in [-0.15, -0.1) is 5.01 Å². The van der Waals surface area contributed by atoms with Gasteiger partial charge in [-0.25, -0.2) is 14.0 Å². The number of anilines is 2. The number of amides is 3. The Morgan fingerprint density at radius 1 is 0.978 bits per heavy atom. The first kappa shape index (κ1) is 31.4. The van der Waals surface area contributed by atoms with Gasteiger partial charge in [0, 0.05) is 25.3 Å². The van der Waals surface area contributed by atoms with Crippen molar-refractivity contribution < 1.29 is 33.4 Å². The number of esters is 1. The summed E-state index contributed by atoms with van der Waals surface area (Å²) in [5.41, 5.74) is 0.926. The van der Waals surface area contributed by atoms with E-state index in [2.05, 4.69) is 10.4 Å². The van der Waals surface area contributed by atoms with Crippen LogP contribution < -0.4 is 14.6 Å². The van der Waals surface area contributed by atoms with Gasteiger partial charge in [0.15, 0.2) is 0 Å². The Hall–Kier alpha value is -5.04. The maximum absolute atomic E-state index is 15.2. The van der Waals surface area contributed by atoms with E-state index in [0.29, 0.717) is 30.2 Å². The standard InChI is InChI=1S/C32H35FN6O6/c1-3-17-37(23-15-16-27(44-2)25(20-23)30(41)45-21-22-11-6-4-7-12-22)31(42)39-32(43)38(34-35-39)28-24(13-10-14-26(28)33)29(40)36-18-8-5-9-19-36/h4,6-7,10-16,20,32,43H,3,5,8-9,17-19,21H2,1-2H3. The second-order valence-electron chi connectivity index (χ2n) is 10.6. The van der Waals surface area contributed by atoms with E-state index in [4.69, 9.17) is 9.47 Å². The van der Waals surface area contributed by atoms with Crippen molar-refractivity contribution in [1.82, 2.24) is 9.91 Å². The summed E-state index contributed by atoms with van der Waals surface area (Å²) in [5, 5.41) is 20.4. The number of ether oxygens (including phenoxy) is 2. The lowest BCUT2D eigenvalue weighted by Gasteiger charge is -2.30. The fourth-order valence-corrected chi connectivity index (χ4v) is 5.27. The van der Waals surface area contributed by atoms with Gasteiger partial charge in [0.05, 0.1) is 12.7 Å². The molecule has 2 aliphatic heterocycles. The Balaban J connectivity index is 1.38. The Kier molecular flexibility index (Phi) is 9.88. The van der Waals surface area contributed by atoms with Gasteiger partial charge in [0.2, 0.25) is 0 Å². The largest absolute Gasteiger partial charge is 0.496 e. The molecule has 3 amide bonds. The molecule has 1 atom stereocenters. The number of para-hydroxylation sites is 1. The minimum Gasteiger partial charge on any atom is -0.496 e. The molecule has 1 fully saturated rings. The molecule has 2 heterocycles. The van der Waals surface area contributed by atoms with E-state index in [9.17, 15) is 19.5 Å². The lowest BCUT2D eigenvalue weighted by atomic mass is 10.1. The number of hydrogen-bond donors (Lipinski definition) is 1. The van der Waals surface area contributed by atoms with E-state index in [1.54, 1.807) is 11.0 Å². The Morgan fingerprint density at radius 2 is 1.73 bits per heavy atom. The highest BCUT2D eigenvalue weighted by atomic mass is 19.1. The fourth-order valence-electron chi connectivity index (χ4n) is 5.27. The average molecular weight is 619 g/mol. The van der Waals surface area contributed by atoms with Crippen molar-refractivity contribution in [2.75, 3.05) is 36.7 Å². The minimum atomic E-state index is -1.85. The summed E-state index contributed by atoms with van der Waals surface area (Å²) in [6.07, 6.45) is 1.36. The number of halogens is 1. The predicted molar refractivity (Wildman–Crippen MR) is 163 cm³/mol. The molecule has 12 nitrogen and oxygen atoms in total. The molecule has 0 bridgehead atoms. The van der Waals surface area contributed by atoms with Crippen molar-refractivity contribution in [3.05, 3.63) is 89.2 Å². The molecule has 0 saturated carbocycles. The second kappa shape index (κ2) is 14.2. The third-order valence-electron chi connectivity index (χ3n) is 7.56. The van der Waals surface area contributed by atoms with Gasteiger partial charge in [-0.2, -0.15) is 5.01 Å². The van der Waals surface area contributed by atoms with Crippen molar-refractivity contribution >= 4 is 29.3 Å². The van der Waals surface area contributed by atoms with Gasteiger partial charge < -0.3 is 19.5 Å². The normalized spacial score (nSPS) is 16.1. The lowest BCUT2D eigenvalue weighted by Crippen LogP contribution is -2.49. The molecular weight excluding hydrogens is 583 g/mol. The van der Waals surface area contributed by atoms with Crippen LogP contribution in [0.3, 0.4) is 0 Å². The molecule has 5 rings (SSSR count). The smallest absolute Gasteiger partial charge is 0.350 e. The van der Waals surface area contributed by atoms with Gasteiger partial charge in [-0.1, -0.05) is 43.3 Å². The number of urea groups is 1. The third-order valence-corrected chi connectivity index (χ3v) is 7.56. The van der Waals surface area contributed by atoms with Crippen LogP contribution in [0.2, 0.25) is 0 Å². The number of hydrogen-bond acceptors (Lipinski definition) is 9. The maximum Gasteiger partial charge on any atom is 0.350 e. The van der Waals surface area contributed by atoms with Crippen LogP contribution in [0.1, 0.15) is 58.9 Å². The van der Waals surface area contributed by atoms with Gasteiger partial charge in [-0.05, 0) is 72.0 Å². The molecule has 3 aromatic rings. The predicted octanol–water partition coefficient (Wildman–Crippen LogP) is 5.53. The minimum absolute atomic E-state index is 0.00317. The molecule has 1 N–H and O–H groups in total. The summed E-state index contributed by atoms with van der Waals surface area (Å²) in [6, 6.07) is 17.0. The molecule has 2 aliphatic rings. The monoisotopic (exact) mass is 618 g/mol. The second-order valence-corrected chi connectivity index (χ2v) is 10.6. The molecule has 0 spiro atoms. The van der Waals surface area contributed by atoms with E-state index in [1.807, 2.05) is 37.3 Å². The number of aliphatic hydroxyl groups is 1. The summed E-state index contributed by atoms with van der Waals surface area (Å²) in [6.45, 7) is 3.16. The maximum atomic E-state index is 15.2. The van der Waals surface area contributed by atoms with Crippen LogP contribution in [0.15, 0.2) is 77.2 Å². The Bertz CT molecular complexity index is 1560. The number of methoxy groups -OCH3 is 1. The molecule has 0 aliphatic carbocycles. The molecular formula is C32H35FN6O6. The van der Waals surface area contributed by atoms with Crippen molar-refractivity contribution in [3.8, 4) is 5.75 Å². The SMILES string of the molecule is CCCN(C(=O)N1N=NN(c2c(F)cccc2C(=O)N2CCCCC2)C1O)c1ccc(OC)c(C(=O)OCc2ccccc2)c1. The van der Waals surface area contributed by atoms with Crippen molar-refractivity contribution in [2.24, 2.45) is 10.4 Å². The van der Waals surface area contributed by atoms with Crippen LogP contribution >= 0.6 is 0 Å². The molecule has 0 radical (unpaired) electrons. The lowest BCUT2D eigenvalue weighted by molar-refractivity contribution is 0.0467. The van der Waals surface area contributed by atoms with E-state index in [-0.39, 0.29) is 35.7 Å². The average Bonchev–Trinajstić information content (AvgIpc) is 3.46. The van der Waals surface area contributed by atoms with E-state index in [1.165, 1.54) is 36.3 Å². The zero-order valence-electron chi connectivity index (χ0n) is 25.1. The Labute approximate surface area is 260 Å². The summed E-state index contributed by atoms with van der Waals surface area (Å²) >= 11 is 0. The first-order valence-electron chi connectivity index (χ1n) is 14.8. The third kappa shape index (κ3) is 6.73. The van der Waals surface area contributed by atoms with Gasteiger partial charge in [0.1, 0.15) is 29.4 Å². The first-order valence-corrected chi connectivity index (χ1v) is 14.8. The van der Waals surface area contributed by atoms with Crippen LogP contribution in [0.4, 0.5) is 20.6 Å². The van der Waals surface area contributed by atoms with Crippen LogP contribution in [-0.2, 0) is 11.3 Å². The summed E-state index contributed by atoms with van der Waals surface area (Å²) in [4.78, 5) is 43.2. The Morgan fingerprint density at radius 3 is 2.44 bits per heavy atom. The van der Waals surface area contributed by atoms with Gasteiger partial charge in [0.25, 0.3) is 12.3 Å².